The Balaban J connectivity index is 1.57. The number of alkyl carbamates (subject to hydrolysis) is 1. The van der Waals surface area contributed by atoms with Crippen molar-refractivity contribution in [2.24, 2.45) is 22.7 Å². The molecule has 0 aromatic heterocycles. The molecule has 2 unspecified atom stereocenters. The molecule has 4 rings (SSSR count). The summed E-state index contributed by atoms with van der Waals surface area (Å²) in [6.45, 7) is 9.38. The van der Waals surface area contributed by atoms with E-state index >= 15 is 0 Å². The third-order valence-corrected chi connectivity index (χ3v) is 8.72. The highest BCUT2D eigenvalue weighted by molar-refractivity contribution is 7.75. The molecule has 1 N–H and O–H groups in total. The number of carbonyl (C=O) groups excluding carboxylic acids is 2. The van der Waals surface area contributed by atoms with Crippen LogP contribution < -0.4 is 5.32 Å². The lowest BCUT2D eigenvalue weighted by atomic mass is 9.46. The molecular weight excluding hydrogens is 422 g/mol. The Kier molecular flexibility index (Phi) is 6.04. The van der Waals surface area contributed by atoms with Crippen LogP contribution in [-0.4, -0.2) is 48.7 Å². The zero-order valence-electron chi connectivity index (χ0n) is 18.3. The number of allylic oxidation sites excluding steroid dienone is 2. The fraction of sp³-hybridized carbons (Fsp3) is 0.727. The average Bonchev–Trinajstić information content (AvgIpc) is 3.07. The van der Waals surface area contributed by atoms with Gasteiger partial charge in [0, 0.05) is 5.41 Å². The van der Waals surface area contributed by atoms with E-state index < -0.39 is 29.5 Å². The Hall–Kier alpha value is -1.71. The van der Waals surface area contributed by atoms with E-state index in [4.69, 9.17) is 13.1 Å². The van der Waals surface area contributed by atoms with Gasteiger partial charge in [-0.15, -0.1) is 0 Å². The summed E-state index contributed by atoms with van der Waals surface area (Å²) in [5.74, 6) is 0.0948. The lowest BCUT2D eigenvalue weighted by molar-refractivity contribution is -0.154. The Morgan fingerprint density at radius 3 is 2.87 bits per heavy atom. The van der Waals surface area contributed by atoms with Gasteiger partial charge in [-0.05, 0) is 49.4 Å². The molecule has 2 saturated heterocycles. The van der Waals surface area contributed by atoms with Crippen LogP contribution in [-0.2, 0) is 34.0 Å². The molecule has 172 valence electrons. The monoisotopic (exact) mass is 453 g/mol. The van der Waals surface area contributed by atoms with Gasteiger partial charge in [0.05, 0.1) is 31.4 Å². The Morgan fingerprint density at radius 1 is 1.35 bits per heavy atom. The maximum Gasteiger partial charge on any atom is 0.407 e. The maximum absolute atomic E-state index is 12.3. The Morgan fingerprint density at radius 2 is 2.13 bits per heavy atom. The van der Waals surface area contributed by atoms with Gasteiger partial charge in [0.2, 0.25) is 0 Å². The number of esters is 1. The van der Waals surface area contributed by atoms with Gasteiger partial charge in [-0.1, -0.05) is 32.1 Å². The van der Waals surface area contributed by atoms with Crippen LogP contribution in [0.15, 0.2) is 23.8 Å². The summed E-state index contributed by atoms with van der Waals surface area (Å²) in [7, 11) is 1.29. The number of carbonyl (C=O) groups is 2. The van der Waals surface area contributed by atoms with E-state index in [1.165, 1.54) is 12.7 Å². The highest BCUT2D eigenvalue weighted by atomic mass is 32.2. The molecule has 9 heteroatoms. The second kappa shape index (κ2) is 8.33. The summed E-state index contributed by atoms with van der Waals surface area (Å²) in [4.78, 5) is 23.9. The van der Waals surface area contributed by atoms with Crippen molar-refractivity contribution in [2.45, 2.75) is 58.1 Å². The molecular formula is C22H31NO7S. The molecule has 0 aromatic rings. The fourth-order valence-corrected chi connectivity index (χ4v) is 7.23. The minimum atomic E-state index is -1.67. The first-order valence-corrected chi connectivity index (χ1v) is 11.8. The standard InChI is InChI=1S/C22H31NO7S/c1-13-5-8-17-21(2,10-9-18-22(17,3)12-29-31(26)30-18)15(13)7-6-14-16(11-28-19(14)24)23-20(25)27-4/h6,15-18H,1,5,7-12H2,2-4H3,(H,23,25)/b14-6+/t15-,16?,17+,18-,21+,22+,31?/m1/s1. The van der Waals surface area contributed by atoms with Crippen molar-refractivity contribution in [1.82, 2.24) is 5.32 Å². The number of rotatable bonds is 3. The van der Waals surface area contributed by atoms with Gasteiger partial charge in [-0.3, -0.25) is 8.37 Å². The number of fused-ring (bicyclic) bond motifs is 3. The number of hydrogen-bond donors (Lipinski definition) is 1. The normalized spacial score (nSPS) is 43.7. The maximum atomic E-state index is 12.3. The van der Waals surface area contributed by atoms with Crippen molar-refractivity contribution in [2.75, 3.05) is 20.3 Å². The van der Waals surface area contributed by atoms with Crippen molar-refractivity contribution < 1.29 is 31.6 Å². The van der Waals surface area contributed by atoms with E-state index in [1.807, 2.05) is 6.08 Å². The van der Waals surface area contributed by atoms with Crippen molar-refractivity contribution in [3.63, 3.8) is 0 Å². The van der Waals surface area contributed by atoms with E-state index in [1.54, 1.807) is 0 Å². The van der Waals surface area contributed by atoms with Crippen LogP contribution in [0.4, 0.5) is 4.79 Å². The second-order valence-corrected chi connectivity index (χ2v) is 10.4. The Labute approximate surface area is 185 Å². The van der Waals surface area contributed by atoms with Crippen LogP contribution in [0.2, 0.25) is 0 Å². The lowest BCUT2D eigenvalue weighted by Gasteiger charge is -2.61. The highest BCUT2D eigenvalue weighted by Gasteiger charge is 2.60. The molecule has 4 aliphatic rings. The number of cyclic esters (lactones) is 1. The summed E-state index contributed by atoms with van der Waals surface area (Å²) in [6, 6.07) is -0.510. The number of nitrogens with one attached hydrogen (secondary N) is 1. The van der Waals surface area contributed by atoms with E-state index in [0.717, 1.165) is 25.7 Å². The van der Waals surface area contributed by atoms with Gasteiger partial charge in [0.15, 0.2) is 0 Å². The summed E-state index contributed by atoms with van der Waals surface area (Å²) >= 11 is -1.67. The number of ether oxygens (including phenoxy) is 2. The fourth-order valence-electron chi connectivity index (χ4n) is 6.32. The molecule has 7 atom stereocenters. The first kappa shape index (κ1) is 22.5. The number of amides is 1. The van der Waals surface area contributed by atoms with Crippen LogP contribution >= 0.6 is 0 Å². The molecule has 8 nitrogen and oxygen atoms in total. The zero-order chi connectivity index (χ0) is 22.4. The summed E-state index contributed by atoms with van der Waals surface area (Å²) in [5, 5.41) is 2.66. The molecule has 0 spiro atoms. The quantitative estimate of drug-likeness (QED) is 0.398. The summed E-state index contributed by atoms with van der Waals surface area (Å²) in [5.41, 5.74) is 1.39. The van der Waals surface area contributed by atoms with Crippen molar-refractivity contribution in [3.8, 4) is 0 Å². The first-order valence-electron chi connectivity index (χ1n) is 10.8. The Bertz CT molecular complexity index is 842. The minimum Gasteiger partial charge on any atom is -0.460 e. The number of methoxy groups -OCH3 is 1. The van der Waals surface area contributed by atoms with Gasteiger partial charge >= 0.3 is 23.4 Å². The zero-order valence-corrected chi connectivity index (χ0v) is 19.1. The van der Waals surface area contributed by atoms with E-state index in [2.05, 4.69) is 30.5 Å². The molecule has 1 amide bonds. The van der Waals surface area contributed by atoms with E-state index in [-0.39, 0.29) is 29.5 Å². The van der Waals surface area contributed by atoms with Crippen LogP contribution in [0, 0.1) is 22.7 Å². The molecule has 0 radical (unpaired) electrons. The van der Waals surface area contributed by atoms with Gasteiger partial charge in [-0.25, -0.2) is 9.59 Å². The first-order chi connectivity index (χ1) is 14.7. The summed E-state index contributed by atoms with van der Waals surface area (Å²) < 4.78 is 32.7. The van der Waals surface area contributed by atoms with Crippen molar-refractivity contribution >= 4 is 23.4 Å². The van der Waals surface area contributed by atoms with E-state index in [9.17, 15) is 13.8 Å². The topological polar surface area (TPSA) is 100 Å². The average molecular weight is 454 g/mol. The number of hydrogen-bond acceptors (Lipinski definition) is 7. The largest absolute Gasteiger partial charge is 0.460 e. The predicted molar refractivity (Wildman–Crippen MR) is 113 cm³/mol. The van der Waals surface area contributed by atoms with Gasteiger partial charge in [0.1, 0.15) is 6.61 Å². The predicted octanol–water partition coefficient (Wildman–Crippen LogP) is 2.97. The molecule has 0 aromatic carbocycles. The molecule has 31 heavy (non-hydrogen) atoms. The molecule has 2 aliphatic heterocycles. The van der Waals surface area contributed by atoms with E-state index in [0.29, 0.717) is 24.5 Å². The second-order valence-electron chi connectivity index (χ2n) is 9.59. The molecule has 2 saturated carbocycles. The molecule has 0 bridgehead atoms. The van der Waals surface area contributed by atoms with Gasteiger partial charge in [-0.2, -0.15) is 4.21 Å². The van der Waals surface area contributed by atoms with Gasteiger partial charge < -0.3 is 14.8 Å². The van der Waals surface area contributed by atoms with Crippen LogP contribution in [0.5, 0.6) is 0 Å². The van der Waals surface area contributed by atoms with Gasteiger partial charge in [0.25, 0.3) is 0 Å². The molecule has 4 fully saturated rings. The summed E-state index contributed by atoms with van der Waals surface area (Å²) in [6.07, 6.45) is 5.50. The van der Waals surface area contributed by atoms with Crippen molar-refractivity contribution in [1.29, 1.82) is 0 Å². The lowest BCUT2D eigenvalue weighted by Crippen LogP contribution is -2.60. The van der Waals surface area contributed by atoms with Crippen LogP contribution in [0.3, 0.4) is 0 Å². The third-order valence-electron chi connectivity index (χ3n) is 8.02. The molecule has 2 heterocycles. The van der Waals surface area contributed by atoms with Crippen molar-refractivity contribution in [3.05, 3.63) is 23.8 Å². The highest BCUT2D eigenvalue weighted by Crippen LogP contribution is 2.63. The molecule has 2 aliphatic carbocycles. The smallest absolute Gasteiger partial charge is 0.407 e. The van der Waals surface area contributed by atoms with Crippen LogP contribution in [0.1, 0.15) is 46.0 Å². The van der Waals surface area contributed by atoms with Crippen LogP contribution in [0.25, 0.3) is 0 Å². The SMILES string of the molecule is C=C1CC[C@@H]2[C@]3(C)COS(=O)O[C@@H]3CC[C@@]2(C)[C@@H]1C/C=C1/C(=O)OCC1NC(=O)OC. The minimum absolute atomic E-state index is 0.0447. The third kappa shape index (κ3) is 3.85.